The van der Waals surface area contributed by atoms with Crippen molar-refractivity contribution in [1.82, 2.24) is 0 Å². The molecule has 0 aliphatic carbocycles. The second-order valence-electron chi connectivity index (χ2n) is 4.39. The topological polar surface area (TPSA) is 32.7 Å². The normalized spacial score (nSPS) is 17.9. The highest BCUT2D eigenvalue weighted by Crippen LogP contribution is 2.52. The molecule has 0 spiro atoms. The third-order valence-corrected chi connectivity index (χ3v) is 3.77. The number of hydrogen-bond acceptors (Lipinski definition) is 3. The van der Waals surface area contributed by atoms with E-state index in [2.05, 4.69) is 0 Å². The van der Waals surface area contributed by atoms with Gasteiger partial charge >= 0.3 is 0 Å². The fourth-order valence-corrected chi connectivity index (χ4v) is 2.85. The van der Waals surface area contributed by atoms with Gasteiger partial charge in [0.2, 0.25) is 0 Å². The molecule has 1 heterocycles. The van der Waals surface area contributed by atoms with Crippen molar-refractivity contribution in [2.24, 2.45) is 0 Å². The maximum absolute atomic E-state index is 10.2. The van der Waals surface area contributed by atoms with Crippen LogP contribution in [0.5, 0.6) is 11.5 Å². The van der Waals surface area contributed by atoms with Gasteiger partial charge in [0.05, 0.1) is 0 Å². The van der Waals surface area contributed by atoms with Crippen molar-refractivity contribution in [1.29, 1.82) is 0 Å². The molecule has 1 N–H and O–H groups in total. The van der Waals surface area contributed by atoms with Gasteiger partial charge in [-0.1, -0.05) is 35.9 Å². The van der Waals surface area contributed by atoms with Crippen molar-refractivity contribution in [2.75, 3.05) is 11.4 Å². The lowest BCUT2D eigenvalue weighted by Crippen LogP contribution is -2.31. The van der Waals surface area contributed by atoms with Crippen molar-refractivity contribution in [3.8, 4) is 11.5 Å². The molecule has 94 valence electrons. The molecule has 3 nitrogen and oxygen atoms in total. The van der Waals surface area contributed by atoms with Crippen LogP contribution >= 0.6 is 11.6 Å². The summed E-state index contributed by atoms with van der Waals surface area (Å²) in [6, 6.07) is 7.59. The summed E-state index contributed by atoms with van der Waals surface area (Å²) in [4.78, 5) is 2.05. The molecule has 4 heteroatoms. The molecule has 1 unspecified atom stereocenters. The molecule has 0 aromatic heterocycles. The molecule has 1 atom stereocenters. The lowest BCUT2D eigenvalue weighted by Gasteiger charge is -2.20. The number of ether oxygens (including phenoxy) is 1. The van der Waals surface area contributed by atoms with Gasteiger partial charge in [0.15, 0.2) is 12.0 Å². The quantitative estimate of drug-likeness (QED) is 0.850. The second kappa shape index (κ2) is 3.95. The van der Waals surface area contributed by atoms with Gasteiger partial charge in [0.1, 0.15) is 16.5 Å². The molecule has 0 saturated carbocycles. The van der Waals surface area contributed by atoms with Crippen molar-refractivity contribution < 1.29 is 9.84 Å². The second-order valence-corrected chi connectivity index (χ2v) is 4.77. The summed E-state index contributed by atoms with van der Waals surface area (Å²) in [6.07, 6.45) is -0.0623. The van der Waals surface area contributed by atoms with E-state index in [0.717, 1.165) is 28.8 Å². The van der Waals surface area contributed by atoms with Gasteiger partial charge in [0, 0.05) is 17.3 Å². The third kappa shape index (κ3) is 1.37. The summed E-state index contributed by atoms with van der Waals surface area (Å²) in [7, 11) is 0. The van der Waals surface area contributed by atoms with Crippen LogP contribution in [0, 0.1) is 0 Å². The van der Waals surface area contributed by atoms with E-state index in [0.29, 0.717) is 5.02 Å². The van der Waals surface area contributed by atoms with Gasteiger partial charge in [-0.2, -0.15) is 0 Å². The molecule has 0 amide bonds. The fourth-order valence-electron chi connectivity index (χ4n) is 2.55. The van der Waals surface area contributed by atoms with Crippen LogP contribution in [0.15, 0.2) is 24.3 Å². The molecular weight excluding hydrogens is 250 g/mol. The van der Waals surface area contributed by atoms with Crippen LogP contribution in [0.3, 0.4) is 0 Å². The van der Waals surface area contributed by atoms with Crippen LogP contribution in [-0.2, 0) is 0 Å². The van der Waals surface area contributed by atoms with E-state index >= 15 is 0 Å². The van der Waals surface area contributed by atoms with Crippen molar-refractivity contribution in [2.45, 2.75) is 20.1 Å². The van der Waals surface area contributed by atoms with Gasteiger partial charge in [-0.15, -0.1) is 0 Å². The minimum absolute atomic E-state index is 0.0623. The minimum Gasteiger partial charge on any atom is -0.506 e. The highest BCUT2D eigenvalue weighted by atomic mass is 35.5. The average Bonchev–Trinajstić information content (AvgIpc) is 2.73. The predicted molar refractivity (Wildman–Crippen MR) is 73.7 cm³/mol. The Kier molecular flexibility index (Phi) is 2.52. The van der Waals surface area contributed by atoms with Crippen LogP contribution in [-0.4, -0.2) is 17.9 Å². The van der Waals surface area contributed by atoms with Gasteiger partial charge < -0.3 is 14.7 Å². The van der Waals surface area contributed by atoms with E-state index in [9.17, 15) is 5.11 Å². The number of phenols is 1. The lowest BCUT2D eigenvalue weighted by molar-refractivity contribution is 0.248. The molecule has 2 aromatic carbocycles. The Labute approximate surface area is 111 Å². The first kappa shape index (κ1) is 11.5. The molecule has 2 aromatic rings. The van der Waals surface area contributed by atoms with E-state index < -0.39 is 0 Å². The monoisotopic (exact) mass is 263 g/mol. The van der Waals surface area contributed by atoms with Crippen LogP contribution in [0.2, 0.25) is 5.02 Å². The summed E-state index contributed by atoms with van der Waals surface area (Å²) in [5.41, 5.74) is 0.794. The molecule has 0 radical (unpaired) electrons. The van der Waals surface area contributed by atoms with E-state index in [-0.39, 0.29) is 12.0 Å². The number of hydrogen-bond donors (Lipinski definition) is 1. The Morgan fingerprint density at radius 1 is 1.33 bits per heavy atom. The largest absolute Gasteiger partial charge is 0.506 e. The lowest BCUT2D eigenvalue weighted by atomic mass is 10.1. The van der Waals surface area contributed by atoms with Gasteiger partial charge in [0.25, 0.3) is 0 Å². The Morgan fingerprint density at radius 3 is 2.67 bits per heavy atom. The first-order chi connectivity index (χ1) is 8.65. The molecule has 0 saturated heterocycles. The highest BCUT2D eigenvalue weighted by molar-refractivity contribution is 6.37. The molecule has 0 fully saturated rings. The van der Waals surface area contributed by atoms with Gasteiger partial charge in [-0.3, -0.25) is 0 Å². The fraction of sp³-hybridized carbons (Fsp3) is 0.286. The zero-order valence-electron chi connectivity index (χ0n) is 10.3. The van der Waals surface area contributed by atoms with Gasteiger partial charge in [-0.25, -0.2) is 0 Å². The van der Waals surface area contributed by atoms with E-state index in [4.69, 9.17) is 16.3 Å². The molecule has 0 bridgehead atoms. The summed E-state index contributed by atoms with van der Waals surface area (Å²) >= 11 is 6.28. The van der Waals surface area contributed by atoms with Crippen molar-refractivity contribution in [3.05, 3.63) is 29.3 Å². The Balaban J connectivity index is 2.40. The zero-order valence-corrected chi connectivity index (χ0v) is 11.0. The third-order valence-electron chi connectivity index (χ3n) is 3.41. The molecule has 3 rings (SSSR count). The molecular formula is C14H14ClNO2. The van der Waals surface area contributed by atoms with E-state index in [1.165, 1.54) is 0 Å². The average molecular weight is 264 g/mol. The molecule has 1 aliphatic heterocycles. The number of phenolic OH excluding ortho intramolecular Hbond substituents is 1. The smallest absolute Gasteiger partial charge is 0.169 e. The Morgan fingerprint density at radius 2 is 2.00 bits per heavy atom. The Bertz CT molecular complexity index is 627. The number of aromatic hydroxyl groups is 1. The summed E-state index contributed by atoms with van der Waals surface area (Å²) in [6.45, 7) is 4.80. The molecule has 1 aliphatic rings. The number of halogens is 1. The van der Waals surface area contributed by atoms with Crippen LogP contribution < -0.4 is 9.64 Å². The van der Waals surface area contributed by atoms with E-state index in [1.54, 1.807) is 0 Å². The number of anilines is 1. The zero-order chi connectivity index (χ0) is 12.9. The number of benzene rings is 2. The van der Waals surface area contributed by atoms with Gasteiger partial charge in [-0.05, 0) is 13.8 Å². The van der Waals surface area contributed by atoms with Crippen LogP contribution in [0.4, 0.5) is 5.69 Å². The number of rotatable bonds is 1. The van der Waals surface area contributed by atoms with Crippen molar-refractivity contribution >= 4 is 28.1 Å². The summed E-state index contributed by atoms with van der Waals surface area (Å²) < 4.78 is 5.89. The number of nitrogens with zero attached hydrogens (tertiary/aromatic N) is 1. The molecule has 18 heavy (non-hydrogen) atoms. The SMILES string of the molecule is CCN1c2c(Cl)c(O)c3ccccc3c2OC1C. The number of fused-ring (bicyclic) bond motifs is 3. The maximum atomic E-state index is 10.2. The van der Waals surface area contributed by atoms with E-state index in [1.807, 2.05) is 43.0 Å². The Hall–Kier alpha value is -1.61. The summed E-state index contributed by atoms with van der Waals surface area (Å²) in [5.74, 6) is 0.893. The first-order valence-corrected chi connectivity index (χ1v) is 6.39. The van der Waals surface area contributed by atoms with Crippen LogP contribution in [0.25, 0.3) is 10.8 Å². The summed E-state index contributed by atoms with van der Waals surface area (Å²) in [5, 5.41) is 12.2. The van der Waals surface area contributed by atoms with Crippen LogP contribution in [0.1, 0.15) is 13.8 Å². The predicted octanol–water partition coefficient (Wildman–Crippen LogP) is 3.76. The maximum Gasteiger partial charge on any atom is 0.169 e. The minimum atomic E-state index is -0.0623. The highest BCUT2D eigenvalue weighted by Gasteiger charge is 2.32. The first-order valence-electron chi connectivity index (χ1n) is 6.01. The van der Waals surface area contributed by atoms with Crippen molar-refractivity contribution in [3.63, 3.8) is 0 Å². The standard InChI is InChI=1S/C14H14ClNO2/c1-3-16-8(2)18-14-10-7-5-4-6-9(10)13(17)11(15)12(14)16/h4-8,17H,3H2,1-2H3.